The zero-order valence-corrected chi connectivity index (χ0v) is 32.8. The molecular formula is C33H52N8O11S2. The minimum atomic E-state index is -1.68. The quantitative estimate of drug-likeness (QED) is 0.0408. The number of aliphatic carboxylic acids is 1. The standard InChI is InChI=1S/C33H52N8O11S2/c1-16(2)25(31(50)36-20(27(34)46)11-14-54-53-6)38-30(49)22-9-7-12-40(22)32(51)23-10-8-13-41(23)33(52)26(18(4)42)39-29(48)21(15-24(44)45)37-28(47)17(3)35-19(5)43/h16-18,20-23,25-27,42,46H,7-10,12-13,15,34H2,1-6H3,(H,35,43)(H,36,50)(H,37,47)(H,38,49)(H,39,48)(H,44,45)/t17-,18-,20-,21-,22-,23-,25-,26-,27+/m0/s1. The van der Waals surface area contributed by atoms with Gasteiger partial charge >= 0.3 is 5.97 Å². The van der Waals surface area contributed by atoms with Crippen molar-refractivity contribution >= 4 is 68.9 Å². The van der Waals surface area contributed by atoms with Gasteiger partial charge in [0.2, 0.25) is 41.4 Å². The van der Waals surface area contributed by atoms with Crippen molar-refractivity contribution in [2.24, 2.45) is 11.7 Å². The Balaban J connectivity index is 2.22. The highest BCUT2D eigenvalue weighted by Crippen LogP contribution is 2.26. The largest absolute Gasteiger partial charge is 0.481 e. The summed E-state index contributed by atoms with van der Waals surface area (Å²) in [5.41, 5.74) is 5.60. The van der Waals surface area contributed by atoms with E-state index >= 15 is 0 Å². The second-order valence-electron chi connectivity index (χ2n) is 13.4. The van der Waals surface area contributed by atoms with Crippen molar-refractivity contribution in [3.05, 3.63) is 0 Å². The van der Waals surface area contributed by atoms with Crippen LogP contribution in [0, 0.1) is 17.1 Å². The fourth-order valence-corrected chi connectivity index (χ4v) is 6.67. The van der Waals surface area contributed by atoms with Crippen LogP contribution in [0.5, 0.6) is 0 Å². The number of aliphatic hydroxyl groups is 2. The fraction of sp³-hybridized carbons (Fsp3) is 0.697. The summed E-state index contributed by atoms with van der Waals surface area (Å²) in [4.78, 5) is 106. The van der Waals surface area contributed by atoms with Crippen LogP contribution in [-0.4, -0.2) is 146 Å². The predicted octanol–water partition coefficient (Wildman–Crippen LogP) is -2.81. The molecule has 0 aliphatic carbocycles. The first kappa shape index (κ1) is 46.1. The topological polar surface area (TPSA) is 290 Å². The Morgan fingerprint density at radius 3 is 1.96 bits per heavy atom. The third-order valence-corrected chi connectivity index (χ3v) is 9.87. The normalized spacial score (nSPS) is 20.6. The number of aliphatic hydroxyl groups excluding tert-OH is 2. The van der Waals surface area contributed by atoms with Gasteiger partial charge < -0.3 is 57.4 Å². The summed E-state index contributed by atoms with van der Waals surface area (Å²) >= 11 is 0. The van der Waals surface area contributed by atoms with E-state index < -0.39 is 114 Å². The summed E-state index contributed by atoms with van der Waals surface area (Å²) in [6.07, 6.45) is -0.768. The first-order valence-corrected chi connectivity index (χ1v) is 20.0. The third kappa shape index (κ3) is 13.3. The van der Waals surface area contributed by atoms with Gasteiger partial charge in [-0.15, -0.1) is 0 Å². The smallest absolute Gasteiger partial charge is 0.305 e. The van der Waals surface area contributed by atoms with Crippen LogP contribution in [0.3, 0.4) is 0 Å². The van der Waals surface area contributed by atoms with Crippen molar-refractivity contribution in [3.63, 3.8) is 0 Å². The molecule has 54 heavy (non-hydrogen) atoms. The number of hydrogen-bond donors (Lipinski definition) is 9. The monoisotopic (exact) mass is 800 g/mol. The van der Waals surface area contributed by atoms with E-state index in [-0.39, 0.29) is 25.9 Å². The molecule has 302 valence electrons. The lowest BCUT2D eigenvalue weighted by atomic mass is 10.0. The van der Waals surface area contributed by atoms with Crippen LogP contribution in [0.2, 0.25) is 0 Å². The molecule has 10 N–H and O–H groups in total. The highest BCUT2D eigenvalue weighted by molar-refractivity contribution is 8.78. The van der Waals surface area contributed by atoms with Gasteiger partial charge in [0.25, 0.3) is 0 Å². The lowest BCUT2D eigenvalue weighted by Crippen LogP contribution is -2.61. The molecule has 2 rings (SSSR count). The molecular weight excluding hydrogens is 749 g/mol. The van der Waals surface area contributed by atoms with Crippen molar-refractivity contribution in [1.29, 1.82) is 0 Å². The number of nitrogens with zero attached hydrogens (tertiary/aromatic N) is 2. The van der Waals surface area contributed by atoms with E-state index in [1.54, 1.807) is 20.1 Å². The van der Waals surface area contributed by atoms with Crippen LogP contribution in [-0.2, 0) is 38.4 Å². The molecule has 21 heteroatoms. The van der Waals surface area contributed by atoms with E-state index in [9.17, 15) is 53.7 Å². The molecule has 0 aromatic rings. The lowest BCUT2D eigenvalue weighted by molar-refractivity contribution is -0.149. The lowest BCUT2D eigenvalue weighted by Gasteiger charge is -2.34. The molecule has 19 nitrogen and oxygen atoms in total. The number of carbonyl (C=O) groups is 8. The summed E-state index contributed by atoms with van der Waals surface area (Å²) in [7, 11) is 2.54. The highest BCUT2D eigenvalue weighted by Gasteiger charge is 2.45. The van der Waals surface area contributed by atoms with E-state index in [4.69, 9.17) is 5.73 Å². The van der Waals surface area contributed by atoms with Crippen LogP contribution in [0.25, 0.3) is 0 Å². The van der Waals surface area contributed by atoms with Gasteiger partial charge in [0.1, 0.15) is 48.5 Å². The number of likely N-dealkylation sites (tertiary alicyclic amines) is 2. The molecule has 0 aromatic carbocycles. The maximum atomic E-state index is 14.0. The maximum absolute atomic E-state index is 14.0. The molecule has 0 aromatic heterocycles. The number of carbonyl (C=O) groups excluding carboxylic acids is 7. The Kier molecular flexibility index (Phi) is 18.5. The zero-order valence-electron chi connectivity index (χ0n) is 31.1. The van der Waals surface area contributed by atoms with E-state index in [0.717, 1.165) is 0 Å². The molecule has 2 fully saturated rings. The SMILES string of the molecule is CSSC#C[C@H](NC(=O)[C@@H](NC(=O)[C@@H]1CCCN1C(=O)[C@@H]1CCCN1C(=O)[C@@H](NC(=O)[C@H](CC(=O)O)NC(=O)[C@H](C)NC(C)=O)[C@H](C)O)C(C)C)[C@H](N)O. The van der Waals surface area contributed by atoms with Gasteiger partial charge in [-0.05, 0) is 67.8 Å². The molecule has 2 heterocycles. The molecule has 7 amide bonds. The van der Waals surface area contributed by atoms with Crippen LogP contribution < -0.4 is 32.3 Å². The van der Waals surface area contributed by atoms with E-state index in [0.29, 0.717) is 12.8 Å². The van der Waals surface area contributed by atoms with Crippen molar-refractivity contribution < 1.29 is 53.7 Å². The molecule has 0 spiro atoms. The minimum Gasteiger partial charge on any atom is -0.481 e. The second kappa shape index (κ2) is 21.7. The number of nitrogens with two attached hydrogens (primary N) is 1. The van der Waals surface area contributed by atoms with Crippen LogP contribution in [0.1, 0.15) is 66.7 Å². The minimum absolute atomic E-state index is 0.0741. The Hall–Kier alpha value is -4.10. The number of carboxylic acids is 1. The summed E-state index contributed by atoms with van der Waals surface area (Å²) in [5, 5.41) is 44.7. The molecule has 0 saturated carbocycles. The van der Waals surface area contributed by atoms with Gasteiger partial charge in [0.15, 0.2) is 0 Å². The van der Waals surface area contributed by atoms with Gasteiger partial charge in [-0.2, -0.15) is 0 Å². The molecule has 2 saturated heterocycles. The molecule has 0 unspecified atom stereocenters. The average molecular weight is 801 g/mol. The Morgan fingerprint density at radius 2 is 1.43 bits per heavy atom. The summed E-state index contributed by atoms with van der Waals surface area (Å²) in [5.74, 6) is -4.33. The molecule has 0 radical (unpaired) electrons. The van der Waals surface area contributed by atoms with Gasteiger partial charge in [-0.25, -0.2) is 0 Å². The number of rotatable bonds is 17. The summed E-state index contributed by atoms with van der Waals surface area (Å²) in [6.45, 7) is 7.37. The highest BCUT2D eigenvalue weighted by atomic mass is 33.1. The molecule has 0 bridgehead atoms. The Labute approximate surface area is 321 Å². The molecule has 2 aliphatic rings. The van der Waals surface area contributed by atoms with Gasteiger partial charge in [0.05, 0.1) is 12.5 Å². The zero-order chi connectivity index (χ0) is 40.9. The van der Waals surface area contributed by atoms with Crippen LogP contribution in [0.4, 0.5) is 0 Å². The van der Waals surface area contributed by atoms with Crippen molar-refractivity contribution in [3.8, 4) is 11.2 Å². The van der Waals surface area contributed by atoms with Crippen molar-refractivity contribution in [1.82, 2.24) is 36.4 Å². The first-order valence-electron chi connectivity index (χ1n) is 17.4. The third-order valence-electron chi connectivity index (χ3n) is 8.76. The summed E-state index contributed by atoms with van der Waals surface area (Å²) in [6, 6.07) is -8.68. The van der Waals surface area contributed by atoms with Crippen LogP contribution >= 0.6 is 21.6 Å². The Bertz CT molecular complexity index is 1470. The van der Waals surface area contributed by atoms with Gasteiger partial charge in [-0.1, -0.05) is 30.6 Å². The fourth-order valence-electron chi connectivity index (χ4n) is 6.02. The van der Waals surface area contributed by atoms with E-state index in [1.807, 2.05) is 0 Å². The van der Waals surface area contributed by atoms with Crippen molar-refractivity contribution in [2.75, 3.05) is 19.3 Å². The second-order valence-corrected chi connectivity index (χ2v) is 15.6. The summed E-state index contributed by atoms with van der Waals surface area (Å²) < 4.78 is 0. The van der Waals surface area contributed by atoms with E-state index in [1.165, 1.54) is 52.2 Å². The average Bonchev–Trinajstić information content (AvgIpc) is 3.78. The number of nitrogens with one attached hydrogen (secondary N) is 5. The van der Waals surface area contributed by atoms with E-state index in [2.05, 4.69) is 37.8 Å². The first-order chi connectivity index (χ1) is 25.3. The number of amides is 7. The predicted molar refractivity (Wildman–Crippen MR) is 198 cm³/mol. The maximum Gasteiger partial charge on any atom is 0.305 e. The molecule has 2 aliphatic heterocycles. The number of hydrogen-bond acceptors (Lipinski definition) is 13. The van der Waals surface area contributed by atoms with Crippen molar-refractivity contribution in [2.45, 2.75) is 121 Å². The van der Waals surface area contributed by atoms with Crippen LogP contribution in [0.15, 0.2) is 0 Å². The number of carboxylic acid groups (broad SMARTS) is 1. The molecule has 9 atom stereocenters. The Morgan fingerprint density at radius 1 is 0.815 bits per heavy atom. The van der Waals surface area contributed by atoms with Gasteiger partial charge in [-0.3, -0.25) is 38.4 Å². The van der Waals surface area contributed by atoms with Gasteiger partial charge in [0, 0.05) is 20.0 Å².